The number of aryl methyl sites for hydroxylation is 1. The molecule has 0 aliphatic carbocycles. The van der Waals surface area contributed by atoms with Gasteiger partial charge in [-0.05, 0) is 60.4 Å². The van der Waals surface area contributed by atoms with Gasteiger partial charge in [-0.3, -0.25) is 4.79 Å². The standard InChI is InChI=1S/C22H22N2O4/c1-26-18-7-8-19-17(15-18)4-3-12-24(19)22(25)10-6-16-5-9-20(28-13-11-23)21(14-16)27-2/h5-10,14-15H,3-4,12-13H2,1-2H3/b10-6+. The molecule has 0 atom stereocenters. The van der Waals surface area contributed by atoms with Gasteiger partial charge in [0.25, 0.3) is 5.91 Å². The first-order chi connectivity index (χ1) is 13.7. The fourth-order valence-corrected chi connectivity index (χ4v) is 3.20. The van der Waals surface area contributed by atoms with Crippen LogP contribution in [0.5, 0.6) is 17.2 Å². The van der Waals surface area contributed by atoms with Crippen molar-refractivity contribution in [2.24, 2.45) is 0 Å². The van der Waals surface area contributed by atoms with Crippen LogP contribution in [0.2, 0.25) is 0 Å². The topological polar surface area (TPSA) is 71.8 Å². The second kappa shape index (κ2) is 8.96. The molecule has 2 aromatic carbocycles. The van der Waals surface area contributed by atoms with Gasteiger partial charge in [0.05, 0.1) is 14.2 Å². The maximum atomic E-state index is 12.8. The van der Waals surface area contributed by atoms with Gasteiger partial charge in [0.1, 0.15) is 11.8 Å². The molecule has 144 valence electrons. The molecular formula is C22H22N2O4. The molecular weight excluding hydrogens is 356 g/mol. The quantitative estimate of drug-likeness (QED) is 0.718. The molecule has 6 heteroatoms. The first kappa shape index (κ1) is 19.3. The number of ether oxygens (including phenoxy) is 3. The Morgan fingerprint density at radius 2 is 2.04 bits per heavy atom. The average molecular weight is 378 g/mol. The van der Waals surface area contributed by atoms with Crippen molar-refractivity contribution >= 4 is 17.7 Å². The molecule has 1 amide bonds. The van der Waals surface area contributed by atoms with E-state index in [1.165, 1.54) is 7.11 Å². The highest BCUT2D eigenvalue weighted by atomic mass is 16.5. The van der Waals surface area contributed by atoms with E-state index in [1.54, 1.807) is 36.3 Å². The summed E-state index contributed by atoms with van der Waals surface area (Å²) in [6.07, 6.45) is 5.15. The number of hydrogen-bond donors (Lipinski definition) is 0. The molecule has 0 unspecified atom stereocenters. The monoisotopic (exact) mass is 378 g/mol. The normalized spacial score (nSPS) is 13.0. The molecule has 1 heterocycles. The number of nitrogens with zero attached hydrogens (tertiary/aromatic N) is 2. The maximum Gasteiger partial charge on any atom is 0.250 e. The van der Waals surface area contributed by atoms with Crippen molar-refractivity contribution in [2.75, 3.05) is 32.3 Å². The molecule has 0 bridgehead atoms. The van der Waals surface area contributed by atoms with E-state index in [0.29, 0.717) is 18.0 Å². The zero-order chi connectivity index (χ0) is 19.9. The van der Waals surface area contributed by atoms with Crippen molar-refractivity contribution in [3.05, 3.63) is 53.6 Å². The van der Waals surface area contributed by atoms with Crippen LogP contribution in [0.25, 0.3) is 6.08 Å². The van der Waals surface area contributed by atoms with Gasteiger partial charge >= 0.3 is 0 Å². The highest BCUT2D eigenvalue weighted by Crippen LogP contribution is 2.31. The summed E-state index contributed by atoms with van der Waals surface area (Å²) in [5, 5.41) is 8.64. The Morgan fingerprint density at radius 3 is 2.79 bits per heavy atom. The fraction of sp³-hybridized carbons (Fsp3) is 0.273. The van der Waals surface area contributed by atoms with E-state index in [9.17, 15) is 4.79 Å². The van der Waals surface area contributed by atoms with Crippen molar-refractivity contribution in [1.29, 1.82) is 5.26 Å². The van der Waals surface area contributed by atoms with Gasteiger partial charge in [0.2, 0.25) is 0 Å². The van der Waals surface area contributed by atoms with E-state index in [1.807, 2.05) is 30.3 Å². The maximum absolute atomic E-state index is 12.8. The predicted molar refractivity (Wildman–Crippen MR) is 107 cm³/mol. The summed E-state index contributed by atoms with van der Waals surface area (Å²) in [7, 11) is 3.17. The lowest BCUT2D eigenvalue weighted by atomic mass is 10.0. The highest BCUT2D eigenvalue weighted by molar-refractivity contribution is 6.04. The Labute approximate surface area is 164 Å². The first-order valence-electron chi connectivity index (χ1n) is 9.00. The molecule has 0 fully saturated rings. The number of benzene rings is 2. The van der Waals surface area contributed by atoms with Crippen molar-refractivity contribution in [3.63, 3.8) is 0 Å². The summed E-state index contributed by atoms with van der Waals surface area (Å²) in [5.74, 6) is 1.73. The number of carbonyl (C=O) groups excluding carboxylic acids is 1. The number of rotatable bonds is 6. The van der Waals surface area contributed by atoms with Crippen LogP contribution < -0.4 is 19.1 Å². The van der Waals surface area contributed by atoms with Crippen molar-refractivity contribution in [3.8, 4) is 23.3 Å². The first-order valence-corrected chi connectivity index (χ1v) is 9.00. The molecule has 0 saturated carbocycles. The molecule has 0 spiro atoms. The minimum Gasteiger partial charge on any atom is -0.497 e. The van der Waals surface area contributed by atoms with Crippen molar-refractivity contribution < 1.29 is 19.0 Å². The predicted octanol–water partition coefficient (Wildman–Crippen LogP) is 3.60. The molecule has 1 aliphatic rings. The number of anilines is 1. The minimum absolute atomic E-state index is 0.0524. The molecule has 0 saturated heterocycles. The Morgan fingerprint density at radius 1 is 1.18 bits per heavy atom. The lowest BCUT2D eigenvalue weighted by Gasteiger charge is -2.29. The largest absolute Gasteiger partial charge is 0.497 e. The van der Waals surface area contributed by atoms with Crippen LogP contribution in [0, 0.1) is 11.3 Å². The van der Waals surface area contributed by atoms with Crippen LogP contribution in [0.1, 0.15) is 17.5 Å². The van der Waals surface area contributed by atoms with Crippen LogP contribution >= 0.6 is 0 Å². The summed E-state index contributed by atoms with van der Waals surface area (Å²) >= 11 is 0. The van der Waals surface area contributed by atoms with Gasteiger partial charge in [-0.2, -0.15) is 5.26 Å². The molecule has 2 aromatic rings. The minimum atomic E-state index is -0.0742. The van der Waals surface area contributed by atoms with Gasteiger partial charge in [-0.1, -0.05) is 6.07 Å². The average Bonchev–Trinajstić information content (AvgIpc) is 2.75. The molecule has 28 heavy (non-hydrogen) atoms. The Bertz CT molecular complexity index is 931. The lowest BCUT2D eigenvalue weighted by Crippen LogP contribution is -2.34. The number of hydrogen-bond acceptors (Lipinski definition) is 5. The Kier molecular flexibility index (Phi) is 6.18. The molecule has 3 rings (SSSR count). The van der Waals surface area contributed by atoms with Gasteiger partial charge in [0, 0.05) is 18.3 Å². The summed E-state index contributed by atoms with van der Waals surface area (Å²) in [6, 6.07) is 13.0. The van der Waals surface area contributed by atoms with Gasteiger partial charge in [-0.25, -0.2) is 0 Å². The zero-order valence-electron chi connectivity index (χ0n) is 16.0. The highest BCUT2D eigenvalue weighted by Gasteiger charge is 2.21. The van der Waals surface area contributed by atoms with Gasteiger partial charge < -0.3 is 19.1 Å². The van der Waals surface area contributed by atoms with E-state index in [0.717, 1.165) is 35.4 Å². The van der Waals surface area contributed by atoms with E-state index in [4.69, 9.17) is 19.5 Å². The molecule has 0 N–H and O–H groups in total. The van der Waals surface area contributed by atoms with Gasteiger partial charge in [0.15, 0.2) is 18.1 Å². The molecule has 0 aromatic heterocycles. The second-order valence-electron chi connectivity index (χ2n) is 6.28. The number of amides is 1. The summed E-state index contributed by atoms with van der Waals surface area (Å²) in [5.41, 5.74) is 2.86. The second-order valence-corrected chi connectivity index (χ2v) is 6.28. The van der Waals surface area contributed by atoms with Crippen LogP contribution in [0.4, 0.5) is 5.69 Å². The summed E-state index contributed by atoms with van der Waals surface area (Å²) < 4.78 is 15.9. The summed E-state index contributed by atoms with van der Waals surface area (Å²) in [4.78, 5) is 14.6. The summed E-state index contributed by atoms with van der Waals surface area (Å²) in [6.45, 7) is 0.635. The van der Waals surface area contributed by atoms with Crippen molar-refractivity contribution in [1.82, 2.24) is 0 Å². The lowest BCUT2D eigenvalue weighted by molar-refractivity contribution is -0.114. The van der Waals surface area contributed by atoms with Crippen molar-refractivity contribution in [2.45, 2.75) is 12.8 Å². The van der Waals surface area contributed by atoms with Crippen LogP contribution in [0.15, 0.2) is 42.5 Å². The van der Waals surface area contributed by atoms with E-state index in [-0.39, 0.29) is 12.5 Å². The van der Waals surface area contributed by atoms with E-state index < -0.39 is 0 Å². The molecule has 0 radical (unpaired) electrons. The smallest absolute Gasteiger partial charge is 0.250 e. The van der Waals surface area contributed by atoms with E-state index >= 15 is 0 Å². The molecule has 6 nitrogen and oxygen atoms in total. The van der Waals surface area contributed by atoms with Crippen LogP contribution in [-0.2, 0) is 11.2 Å². The van der Waals surface area contributed by atoms with Crippen LogP contribution in [-0.4, -0.2) is 33.3 Å². The third kappa shape index (κ3) is 4.26. The number of fused-ring (bicyclic) bond motifs is 1. The van der Waals surface area contributed by atoms with Gasteiger partial charge in [-0.15, -0.1) is 0 Å². The Hall–Kier alpha value is -3.46. The SMILES string of the molecule is COc1ccc2c(c1)CCCN2C(=O)/C=C/c1ccc(OCC#N)c(OC)c1. The number of carbonyl (C=O) groups is 1. The third-order valence-electron chi connectivity index (χ3n) is 4.57. The Balaban J connectivity index is 1.77. The third-order valence-corrected chi connectivity index (χ3v) is 4.57. The number of nitriles is 1. The van der Waals surface area contributed by atoms with E-state index in [2.05, 4.69) is 0 Å². The molecule has 1 aliphatic heterocycles. The fourth-order valence-electron chi connectivity index (χ4n) is 3.20. The number of methoxy groups -OCH3 is 2. The zero-order valence-corrected chi connectivity index (χ0v) is 16.0. The van der Waals surface area contributed by atoms with Crippen LogP contribution in [0.3, 0.4) is 0 Å².